The van der Waals surface area contributed by atoms with E-state index in [1.165, 1.54) is 5.56 Å². The number of fused-ring (bicyclic) bond motifs is 5. The van der Waals surface area contributed by atoms with Crippen molar-refractivity contribution in [2.24, 2.45) is 0 Å². The van der Waals surface area contributed by atoms with Gasteiger partial charge in [0, 0.05) is 16.7 Å². The molecule has 2 aromatic carbocycles. The fourth-order valence-electron chi connectivity index (χ4n) is 5.83. The Morgan fingerprint density at radius 2 is 1.84 bits per heavy atom. The van der Waals surface area contributed by atoms with Gasteiger partial charge in [-0.05, 0) is 41.7 Å². The standard InChI is InChI=1S/C30H26N2O6/c1-4-30(35)21-11-22-25-19(12-32(22)28(33)20(21)13-36-29(30)34)27-24-23(37-14-38-27)10-9-18(26(24)31-25)17-7-5-16(6-8-17)15(2)3/h5-11,15,35H,4,12-14H2,1-3H3/t30-/m0/s1. The molecule has 3 aliphatic rings. The summed E-state index contributed by atoms with van der Waals surface area (Å²) >= 11 is 0. The van der Waals surface area contributed by atoms with Crippen LogP contribution in [0.5, 0.6) is 11.5 Å². The minimum atomic E-state index is -1.88. The van der Waals surface area contributed by atoms with E-state index in [1.807, 2.05) is 12.1 Å². The number of ether oxygens (including phenoxy) is 3. The minimum Gasteiger partial charge on any atom is -0.458 e. The average molecular weight is 511 g/mol. The van der Waals surface area contributed by atoms with Crippen LogP contribution >= 0.6 is 0 Å². The summed E-state index contributed by atoms with van der Waals surface area (Å²) in [6, 6.07) is 14.1. The van der Waals surface area contributed by atoms with E-state index < -0.39 is 11.6 Å². The molecule has 0 fully saturated rings. The Balaban J connectivity index is 1.50. The number of aromatic nitrogens is 2. The third-order valence-electron chi connectivity index (χ3n) is 8.06. The molecule has 1 N–H and O–H groups in total. The molecular weight excluding hydrogens is 484 g/mol. The van der Waals surface area contributed by atoms with Gasteiger partial charge in [-0.25, -0.2) is 9.78 Å². The van der Waals surface area contributed by atoms with E-state index in [9.17, 15) is 14.7 Å². The lowest BCUT2D eigenvalue weighted by Gasteiger charge is -2.31. The van der Waals surface area contributed by atoms with Crippen LogP contribution in [0.1, 0.15) is 55.4 Å². The highest BCUT2D eigenvalue weighted by Crippen LogP contribution is 2.48. The van der Waals surface area contributed by atoms with Crippen LogP contribution in [-0.4, -0.2) is 27.4 Å². The van der Waals surface area contributed by atoms with Crippen molar-refractivity contribution in [3.05, 3.63) is 75.1 Å². The van der Waals surface area contributed by atoms with Crippen molar-refractivity contribution < 1.29 is 24.1 Å². The smallest absolute Gasteiger partial charge is 0.343 e. The number of hydrogen-bond donors (Lipinski definition) is 1. The lowest BCUT2D eigenvalue weighted by Crippen LogP contribution is -2.44. The van der Waals surface area contributed by atoms with E-state index in [0.29, 0.717) is 45.4 Å². The Hall–Kier alpha value is -4.17. The molecular formula is C30H26N2O6. The second-order valence-electron chi connectivity index (χ2n) is 10.4. The second kappa shape index (κ2) is 7.91. The van der Waals surface area contributed by atoms with Crippen LogP contribution < -0.4 is 15.0 Å². The van der Waals surface area contributed by atoms with Crippen LogP contribution in [0.2, 0.25) is 0 Å². The molecule has 8 heteroatoms. The van der Waals surface area contributed by atoms with Gasteiger partial charge in [0.1, 0.15) is 18.1 Å². The molecule has 0 spiro atoms. The maximum Gasteiger partial charge on any atom is 0.343 e. The molecule has 0 aliphatic carbocycles. The number of aliphatic hydroxyl groups is 1. The number of hydrogen-bond acceptors (Lipinski definition) is 7. The van der Waals surface area contributed by atoms with Crippen molar-refractivity contribution in [3.8, 4) is 34.0 Å². The first-order chi connectivity index (χ1) is 18.3. The monoisotopic (exact) mass is 510 g/mol. The maximum absolute atomic E-state index is 13.6. The van der Waals surface area contributed by atoms with Crippen molar-refractivity contribution in [2.75, 3.05) is 6.79 Å². The summed E-state index contributed by atoms with van der Waals surface area (Å²) in [7, 11) is 0. The van der Waals surface area contributed by atoms with Crippen LogP contribution in [-0.2, 0) is 28.3 Å². The van der Waals surface area contributed by atoms with E-state index in [2.05, 4.69) is 38.1 Å². The fourth-order valence-corrected chi connectivity index (χ4v) is 5.83. The molecule has 8 nitrogen and oxygen atoms in total. The van der Waals surface area contributed by atoms with Crippen LogP contribution in [0, 0.1) is 0 Å². The molecule has 5 heterocycles. The summed E-state index contributed by atoms with van der Waals surface area (Å²) in [5.41, 5.74) is 4.21. The summed E-state index contributed by atoms with van der Waals surface area (Å²) in [6.07, 6.45) is 0.0886. The van der Waals surface area contributed by atoms with Crippen molar-refractivity contribution in [2.45, 2.75) is 51.9 Å². The van der Waals surface area contributed by atoms with E-state index >= 15 is 0 Å². The summed E-state index contributed by atoms with van der Waals surface area (Å²) in [6.45, 7) is 6.17. The maximum atomic E-state index is 13.6. The quantitative estimate of drug-likeness (QED) is 0.354. The molecule has 192 valence electrons. The molecule has 2 aromatic heterocycles. The Morgan fingerprint density at radius 3 is 2.58 bits per heavy atom. The van der Waals surface area contributed by atoms with Gasteiger partial charge in [-0.2, -0.15) is 0 Å². The lowest BCUT2D eigenvalue weighted by molar-refractivity contribution is -0.172. The normalized spacial score (nSPS) is 18.9. The molecule has 7 rings (SSSR count). The van der Waals surface area contributed by atoms with Gasteiger partial charge in [-0.15, -0.1) is 0 Å². The van der Waals surface area contributed by atoms with E-state index in [4.69, 9.17) is 19.2 Å². The number of cyclic esters (lactones) is 1. The first-order valence-electron chi connectivity index (χ1n) is 12.8. The van der Waals surface area contributed by atoms with Crippen LogP contribution in [0.3, 0.4) is 0 Å². The molecule has 0 saturated heterocycles. The zero-order valence-corrected chi connectivity index (χ0v) is 21.3. The van der Waals surface area contributed by atoms with E-state index in [1.54, 1.807) is 17.6 Å². The predicted octanol–water partition coefficient (Wildman–Crippen LogP) is 4.60. The number of rotatable bonds is 3. The highest BCUT2D eigenvalue weighted by atomic mass is 16.7. The molecule has 0 amide bonds. The summed E-state index contributed by atoms with van der Waals surface area (Å²) in [5.74, 6) is 1.00. The number of carbonyl (C=O) groups excluding carboxylic acids is 1. The van der Waals surface area contributed by atoms with Gasteiger partial charge >= 0.3 is 5.97 Å². The van der Waals surface area contributed by atoms with Crippen LogP contribution in [0.4, 0.5) is 0 Å². The zero-order chi connectivity index (χ0) is 26.3. The number of pyridine rings is 2. The summed E-state index contributed by atoms with van der Waals surface area (Å²) in [4.78, 5) is 31.2. The van der Waals surface area contributed by atoms with Crippen molar-refractivity contribution in [3.63, 3.8) is 0 Å². The van der Waals surface area contributed by atoms with E-state index in [-0.39, 0.29) is 31.9 Å². The van der Waals surface area contributed by atoms with Crippen LogP contribution in [0.15, 0.2) is 47.3 Å². The molecule has 4 aromatic rings. The second-order valence-corrected chi connectivity index (χ2v) is 10.4. The van der Waals surface area contributed by atoms with Crippen LogP contribution in [0.25, 0.3) is 33.4 Å². The van der Waals surface area contributed by atoms with Crippen molar-refractivity contribution in [1.82, 2.24) is 9.55 Å². The molecule has 0 radical (unpaired) electrons. The molecule has 1 atom stereocenters. The minimum absolute atomic E-state index is 0.0562. The number of carbonyl (C=O) groups is 1. The number of nitrogens with zero attached hydrogens (tertiary/aromatic N) is 2. The Kier molecular flexibility index (Phi) is 4.79. The Labute approximate surface area is 218 Å². The summed E-state index contributed by atoms with van der Waals surface area (Å²) in [5, 5.41) is 12.0. The average Bonchev–Trinajstić information content (AvgIpc) is 3.31. The third-order valence-corrected chi connectivity index (χ3v) is 8.06. The van der Waals surface area contributed by atoms with Gasteiger partial charge in [-0.1, -0.05) is 45.0 Å². The van der Waals surface area contributed by atoms with E-state index in [0.717, 1.165) is 22.1 Å². The molecule has 0 saturated carbocycles. The fraction of sp³-hybridized carbons (Fsp3) is 0.300. The van der Waals surface area contributed by atoms with Gasteiger partial charge in [0.15, 0.2) is 5.60 Å². The number of benzene rings is 2. The van der Waals surface area contributed by atoms with Crippen molar-refractivity contribution >= 4 is 16.9 Å². The molecule has 38 heavy (non-hydrogen) atoms. The first-order valence-corrected chi connectivity index (χ1v) is 12.8. The third kappa shape index (κ3) is 2.98. The van der Waals surface area contributed by atoms with Gasteiger partial charge in [0.25, 0.3) is 5.56 Å². The van der Waals surface area contributed by atoms with Gasteiger partial charge < -0.3 is 23.9 Å². The zero-order valence-electron chi connectivity index (χ0n) is 21.3. The van der Waals surface area contributed by atoms with Gasteiger partial charge in [0.05, 0.1) is 34.4 Å². The highest BCUT2D eigenvalue weighted by molar-refractivity contribution is 6.04. The lowest BCUT2D eigenvalue weighted by atomic mass is 9.86. The van der Waals surface area contributed by atoms with Crippen molar-refractivity contribution in [1.29, 1.82) is 0 Å². The topological polar surface area (TPSA) is 99.9 Å². The largest absolute Gasteiger partial charge is 0.458 e. The SMILES string of the molecule is CC[C@@]1(O)C(=O)OCc2c1cc1n(c2=O)Cc2c-1nc1c(-c3ccc(C(C)C)cc3)ccc3c1c2OCO3. The van der Waals surface area contributed by atoms with Gasteiger partial charge in [0.2, 0.25) is 6.79 Å². The first kappa shape index (κ1) is 23.0. The summed E-state index contributed by atoms with van der Waals surface area (Å²) < 4.78 is 18.7. The molecule has 0 unspecified atom stereocenters. The number of esters is 1. The van der Waals surface area contributed by atoms with Gasteiger partial charge in [-0.3, -0.25) is 4.79 Å². The molecule has 0 bridgehead atoms. The highest BCUT2D eigenvalue weighted by Gasteiger charge is 2.45. The molecule has 3 aliphatic heterocycles. The Bertz CT molecular complexity index is 1740. The Morgan fingerprint density at radius 1 is 1.05 bits per heavy atom. The predicted molar refractivity (Wildman–Crippen MR) is 140 cm³/mol.